The number of fused-ring (bicyclic) bond motifs is 1. The van der Waals surface area contributed by atoms with Gasteiger partial charge in [-0.1, -0.05) is 17.7 Å². The number of halogens is 1. The number of hydrazone groups is 1. The average molecular weight is 304 g/mol. The van der Waals surface area contributed by atoms with Gasteiger partial charge in [-0.05, 0) is 38.3 Å². The van der Waals surface area contributed by atoms with Gasteiger partial charge >= 0.3 is 0 Å². The molecular weight excluding hydrogens is 286 g/mol. The van der Waals surface area contributed by atoms with E-state index in [0.717, 1.165) is 36.2 Å². The van der Waals surface area contributed by atoms with E-state index >= 15 is 0 Å². The minimum absolute atomic E-state index is 0.000187. The normalized spacial score (nSPS) is 23.9. The van der Waals surface area contributed by atoms with Crippen molar-refractivity contribution in [2.75, 3.05) is 13.2 Å². The summed E-state index contributed by atoms with van der Waals surface area (Å²) in [5, 5.41) is 16.5. The van der Waals surface area contributed by atoms with Crippen molar-refractivity contribution in [1.82, 2.24) is 5.01 Å². The molecule has 2 unspecified atom stereocenters. The molecule has 0 N–H and O–H groups in total. The van der Waals surface area contributed by atoms with Crippen molar-refractivity contribution in [2.45, 2.75) is 38.8 Å². The van der Waals surface area contributed by atoms with Crippen molar-refractivity contribution < 1.29 is 4.74 Å². The fourth-order valence-electron chi connectivity index (χ4n) is 3.21. The summed E-state index contributed by atoms with van der Waals surface area (Å²) in [7, 11) is 0. The van der Waals surface area contributed by atoms with Crippen LogP contribution in [0.1, 0.15) is 36.5 Å². The third kappa shape index (κ3) is 2.31. The monoisotopic (exact) mass is 303 g/mol. The molecule has 1 aromatic rings. The SMILES string of the molecule is CCOC1C(c2ccc(C#N)c(Cl)c2C)=NN2CCCC12. The molecule has 110 valence electrons. The minimum atomic E-state index is 0.000187. The maximum absolute atomic E-state index is 9.07. The quantitative estimate of drug-likeness (QED) is 0.862. The molecule has 2 aliphatic rings. The van der Waals surface area contributed by atoms with Crippen molar-refractivity contribution in [3.8, 4) is 6.07 Å². The van der Waals surface area contributed by atoms with Gasteiger partial charge in [0.1, 0.15) is 12.2 Å². The van der Waals surface area contributed by atoms with Crippen molar-refractivity contribution in [1.29, 1.82) is 5.26 Å². The van der Waals surface area contributed by atoms with Crippen LogP contribution in [-0.2, 0) is 4.74 Å². The number of hydrogen-bond acceptors (Lipinski definition) is 4. The summed E-state index contributed by atoms with van der Waals surface area (Å²) in [6, 6.07) is 6.16. The molecule has 21 heavy (non-hydrogen) atoms. The first-order valence-electron chi connectivity index (χ1n) is 7.33. The van der Waals surface area contributed by atoms with Gasteiger partial charge in [-0.2, -0.15) is 10.4 Å². The van der Waals surface area contributed by atoms with Crippen LogP contribution in [0.15, 0.2) is 17.2 Å². The van der Waals surface area contributed by atoms with Crippen molar-refractivity contribution in [3.05, 3.63) is 33.8 Å². The molecule has 2 heterocycles. The van der Waals surface area contributed by atoms with Crippen LogP contribution >= 0.6 is 11.6 Å². The summed E-state index contributed by atoms with van der Waals surface area (Å²) in [5.74, 6) is 0. The highest BCUT2D eigenvalue weighted by Gasteiger charge is 2.41. The zero-order valence-electron chi connectivity index (χ0n) is 12.3. The molecule has 0 saturated carbocycles. The van der Waals surface area contributed by atoms with E-state index in [4.69, 9.17) is 26.7 Å². The van der Waals surface area contributed by atoms with E-state index in [1.165, 1.54) is 0 Å². The van der Waals surface area contributed by atoms with Crippen LogP contribution in [0, 0.1) is 18.3 Å². The summed E-state index contributed by atoms with van der Waals surface area (Å²) in [5.41, 5.74) is 3.35. The molecular formula is C16H18ClN3O. The number of rotatable bonds is 3. The van der Waals surface area contributed by atoms with Crippen LogP contribution in [-0.4, -0.2) is 36.0 Å². The predicted octanol–water partition coefficient (Wildman–Crippen LogP) is 3.11. The Morgan fingerprint density at radius 1 is 1.52 bits per heavy atom. The Bertz CT molecular complexity index is 635. The standard InChI is InChI=1S/C16H18ClN3O/c1-3-21-16-13-5-4-8-20(13)19-15(16)12-7-6-11(9-18)14(17)10(12)2/h6-7,13,16H,3-5,8H2,1-2H3. The average Bonchev–Trinajstić information content (AvgIpc) is 3.05. The second-order valence-corrected chi connectivity index (χ2v) is 5.82. The van der Waals surface area contributed by atoms with E-state index in [-0.39, 0.29) is 6.10 Å². The van der Waals surface area contributed by atoms with Gasteiger partial charge in [-0.3, -0.25) is 5.01 Å². The van der Waals surface area contributed by atoms with E-state index in [1.54, 1.807) is 6.07 Å². The first kappa shape index (κ1) is 14.4. The fourth-order valence-corrected chi connectivity index (χ4v) is 3.42. The number of benzene rings is 1. The molecule has 1 fully saturated rings. The van der Waals surface area contributed by atoms with Crippen LogP contribution in [0.3, 0.4) is 0 Å². The summed E-state index contributed by atoms with van der Waals surface area (Å²) >= 11 is 6.29. The lowest BCUT2D eigenvalue weighted by atomic mass is 9.95. The van der Waals surface area contributed by atoms with Gasteiger partial charge in [0, 0.05) is 18.7 Å². The van der Waals surface area contributed by atoms with Gasteiger partial charge < -0.3 is 4.74 Å². The lowest BCUT2D eigenvalue weighted by Crippen LogP contribution is -2.35. The molecule has 0 aliphatic carbocycles. The summed E-state index contributed by atoms with van der Waals surface area (Å²) in [6.45, 7) is 5.60. The topological polar surface area (TPSA) is 48.6 Å². The van der Waals surface area contributed by atoms with Gasteiger partial charge in [-0.15, -0.1) is 0 Å². The summed E-state index contributed by atoms with van der Waals surface area (Å²) in [6.07, 6.45) is 2.28. The highest BCUT2D eigenvalue weighted by Crippen LogP contribution is 2.33. The minimum Gasteiger partial charge on any atom is -0.370 e. The van der Waals surface area contributed by atoms with Gasteiger partial charge in [0.25, 0.3) is 0 Å². The molecule has 0 spiro atoms. The molecule has 0 bridgehead atoms. The van der Waals surface area contributed by atoms with Crippen molar-refractivity contribution in [2.24, 2.45) is 5.10 Å². The molecule has 0 amide bonds. The molecule has 1 aromatic carbocycles. The van der Waals surface area contributed by atoms with Gasteiger partial charge in [-0.25, -0.2) is 0 Å². The number of ether oxygens (including phenoxy) is 1. The molecule has 2 atom stereocenters. The number of nitrogens with zero attached hydrogens (tertiary/aromatic N) is 3. The van der Waals surface area contributed by atoms with Crippen LogP contribution in [0.5, 0.6) is 0 Å². The Kier molecular flexibility index (Phi) is 3.88. The Morgan fingerprint density at radius 3 is 3.05 bits per heavy atom. The molecule has 5 heteroatoms. The zero-order valence-corrected chi connectivity index (χ0v) is 13.0. The third-order valence-corrected chi connectivity index (χ3v) is 4.74. The van der Waals surface area contributed by atoms with Crippen LogP contribution < -0.4 is 0 Å². The molecule has 2 aliphatic heterocycles. The number of hydrogen-bond donors (Lipinski definition) is 0. The van der Waals surface area contributed by atoms with Crippen molar-refractivity contribution in [3.63, 3.8) is 0 Å². The smallest absolute Gasteiger partial charge is 0.124 e. The van der Waals surface area contributed by atoms with E-state index in [1.807, 2.05) is 19.9 Å². The van der Waals surface area contributed by atoms with Gasteiger partial charge in [0.15, 0.2) is 0 Å². The summed E-state index contributed by atoms with van der Waals surface area (Å²) < 4.78 is 5.95. The molecule has 0 radical (unpaired) electrons. The predicted molar refractivity (Wildman–Crippen MR) is 82.6 cm³/mol. The molecule has 3 rings (SSSR count). The lowest BCUT2D eigenvalue weighted by molar-refractivity contribution is 0.0658. The fraction of sp³-hybridized carbons (Fsp3) is 0.500. The Balaban J connectivity index is 2.03. The molecule has 0 aromatic heterocycles. The maximum atomic E-state index is 9.07. The Hall–Kier alpha value is -1.57. The van der Waals surface area contributed by atoms with E-state index < -0.39 is 0 Å². The van der Waals surface area contributed by atoms with Crippen molar-refractivity contribution >= 4 is 17.3 Å². The van der Waals surface area contributed by atoms with Crippen LogP contribution in [0.2, 0.25) is 5.02 Å². The van der Waals surface area contributed by atoms with Gasteiger partial charge in [0.2, 0.25) is 0 Å². The number of nitriles is 1. The molecule has 1 saturated heterocycles. The highest BCUT2D eigenvalue weighted by atomic mass is 35.5. The highest BCUT2D eigenvalue weighted by molar-refractivity contribution is 6.33. The van der Waals surface area contributed by atoms with E-state index in [9.17, 15) is 0 Å². The summed E-state index contributed by atoms with van der Waals surface area (Å²) in [4.78, 5) is 0. The maximum Gasteiger partial charge on any atom is 0.124 e. The van der Waals surface area contributed by atoms with E-state index in [2.05, 4.69) is 11.1 Å². The third-order valence-electron chi connectivity index (χ3n) is 4.25. The Labute approximate surface area is 130 Å². The zero-order chi connectivity index (χ0) is 15.0. The first-order chi connectivity index (χ1) is 10.2. The second kappa shape index (κ2) is 5.67. The molecule has 4 nitrogen and oxygen atoms in total. The van der Waals surface area contributed by atoms with E-state index in [0.29, 0.717) is 23.2 Å². The first-order valence-corrected chi connectivity index (χ1v) is 7.71. The second-order valence-electron chi connectivity index (χ2n) is 5.45. The van der Waals surface area contributed by atoms with Crippen LogP contribution in [0.4, 0.5) is 0 Å². The largest absolute Gasteiger partial charge is 0.370 e. The Morgan fingerprint density at radius 2 is 2.33 bits per heavy atom. The van der Waals surface area contributed by atoms with Gasteiger partial charge in [0.05, 0.1) is 22.3 Å². The van der Waals surface area contributed by atoms with Crippen LogP contribution in [0.25, 0.3) is 0 Å². The lowest BCUT2D eigenvalue weighted by Gasteiger charge is -2.21.